The third kappa shape index (κ3) is 5.47. The molecule has 0 saturated carbocycles. The average molecular weight is 586 g/mol. The minimum atomic E-state index is -4.79. The molecule has 0 aliphatic rings. The number of benzene rings is 4. The summed E-state index contributed by atoms with van der Waals surface area (Å²) in [4.78, 5) is 10.6. The highest BCUT2D eigenvalue weighted by Gasteiger charge is 2.21. The summed E-state index contributed by atoms with van der Waals surface area (Å²) in [5.74, 6) is 0.0552. The zero-order valence-corrected chi connectivity index (χ0v) is 21.8. The molecule has 0 unspecified atom stereocenters. The Morgan fingerprint density at radius 2 is 1.44 bits per heavy atom. The van der Waals surface area contributed by atoms with Gasteiger partial charge in [0.25, 0.3) is 20.2 Å². The smallest absolute Gasteiger partial charge is 0.295 e. The molecule has 0 spiro atoms. The maximum Gasteiger partial charge on any atom is 0.295 e. The second-order valence-electron chi connectivity index (χ2n) is 8.03. The highest BCUT2D eigenvalue weighted by Crippen LogP contribution is 2.36. The Kier molecular flexibility index (Phi) is 6.61. The normalized spacial score (nSPS) is 12.4. The molecule has 1 heterocycles. The van der Waals surface area contributed by atoms with E-state index in [4.69, 9.17) is 17.3 Å². The van der Waals surface area contributed by atoms with Crippen molar-refractivity contribution in [2.75, 3.05) is 11.1 Å². The zero-order valence-electron chi connectivity index (χ0n) is 19.4. The highest BCUT2D eigenvalue weighted by atomic mass is 35.5. The van der Waals surface area contributed by atoms with Crippen molar-refractivity contribution in [1.82, 2.24) is 15.0 Å². The molecule has 1 aromatic heterocycles. The third-order valence-electron chi connectivity index (χ3n) is 5.50. The van der Waals surface area contributed by atoms with E-state index in [1.807, 2.05) is 0 Å². The fourth-order valence-electron chi connectivity index (χ4n) is 3.94. The van der Waals surface area contributed by atoms with Gasteiger partial charge in [-0.1, -0.05) is 36.4 Å². The average Bonchev–Trinajstić information content (AvgIpc) is 2.85. The summed E-state index contributed by atoms with van der Waals surface area (Å²) < 4.78 is 67.4. The largest absolute Gasteiger partial charge is 0.368 e. The molecule has 0 aliphatic carbocycles. The predicted octanol–water partition coefficient (Wildman–Crippen LogP) is 5.07. The molecule has 5 rings (SSSR count). The van der Waals surface area contributed by atoms with E-state index in [2.05, 4.69) is 30.5 Å². The minimum Gasteiger partial charge on any atom is -0.368 e. The number of halogens is 1. The van der Waals surface area contributed by atoms with Crippen LogP contribution in [0.5, 0.6) is 0 Å². The van der Waals surface area contributed by atoms with E-state index in [0.29, 0.717) is 22.1 Å². The first kappa shape index (κ1) is 26.3. The number of nitrogens with zero attached hydrogens (tertiary/aromatic N) is 5. The molecule has 198 valence electrons. The number of nitrogens with one attached hydrogen (secondary N) is 1. The third-order valence-corrected chi connectivity index (χ3v) is 7.48. The summed E-state index contributed by atoms with van der Waals surface area (Å²) in [6.07, 6.45) is 0. The standard InChI is InChI=1S/C23H16ClN7O6S2/c24-21-27-22(25)29-23(28-21)26-17-8-9-18(14-5-2-1-4-13(14)17)31-30-12-10-16-15(20(11-12)39(35,36)37)6-3-7-19(16)38(32,33)34/h1-11H,(H,32,33,34)(H,35,36,37)(H3,25,26,27,28,29). The fraction of sp³-hybridized carbons (Fsp3) is 0. The molecular weight excluding hydrogens is 570 g/mol. The van der Waals surface area contributed by atoms with E-state index in [1.165, 1.54) is 18.2 Å². The summed E-state index contributed by atoms with van der Waals surface area (Å²) >= 11 is 5.86. The number of nitrogens with two attached hydrogens (primary N) is 1. The van der Waals surface area contributed by atoms with Gasteiger partial charge in [-0.05, 0) is 41.9 Å². The van der Waals surface area contributed by atoms with Crippen molar-refractivity contribution in [1.29, 1.82) is 0 Å². The van der Waals surface area contributed by atoms with E-state index in [9.17, 15) is 25.9 Å². The molecule has 0 aliphatic heterocycles. The van der Waals surface area contributed by atoms with Crippen LogP contribution < -0.4 is 11.1 Å². The Labute approximate surface area is 225 Å². The van der Waals surface area contributed by atoms with Crippen LogP contribution in [0, 0.1) is 0 Å². The van der Waals surface area contributed by atoms with Crippen molar-refractivity contribution < 1.29 is 25.9 Å². The number of rotatable bonds is 6. The Balaban J connectivity index is 1.62. The molecule has 0 amide bonds. The van der Waals surface area contributed by atoms with Crippen molar-refractivity contribution in [2.24, 2.45) is 10.2 Å². The van der Waals surface area contributed by atoms with Crippen LogP contribution in [0.2, 0.25) is 5.28 Å². The van der Waals surface area contributed by atoms with Crippen LogP contribution in [0.4, 0.5) is 29.0 Å². The van der Waals surface area contributed by atoms with E-state index in [1.54, 1.807) is 36.4 Å². The maximum absolute atomic E-state index is 12.1. The van der Waals surface area contributed by atoms with Gasteiger partial charge in [0.2, 0.25) is 17.2 Å². The highest BCUT2D eigenvalue weighted by molar-refractivity contribution is 7.86. The number of hydrogen-bond donors (Lipinski definition) is 4. The summed E-state index contributed by atoms with van der Waals surface area (Å²) in [6, 6.07) is 16.3. The fourth-order valence-corrected chi connectivity index (χ4v) is 5.53. The van der Waals surface area contributed by atoms with Gasteiger partial charge in [0.15, 0.2) is 0 Å². The quantitative estimate of drug-likeness (QED) is 0.153. The molecule has 4 aromatic carbocycles. The minimum absolute atomic E-state index is 0.0657. The van der Waals surface area contributed by atoms with Crippen molar-refractivity contribution in [3.05, 3.63) is 72.0 Å². The Morgan fingerprint density at radius 1 is 0.744 bits per heavy atom. The number of fused-ring (bicyclic) bond motifs is 2. The second-order valence-corrected chi connectivity index (χ2v) is 11.2. The monoisotopic (exact) mass is 585 g/mol. The number of anilines is 3. The molecule has 0 radical (unpaired) electrons. The molecule has 0 fully saturated rings. The Morgan fingerprint density at radius 3 is 2.13 bits per heavy atom. The van der Waals surface area contributed by atoms with Crippen LogP contribution in [0.25, 0.3) is 21.5 Å². The van der Waals surface area contributed by atoms with Crippen LogP contribution in [-0.2, 0) is 20.2 Å². The Bertz CT molecular complexity index is 2020. The van der Waals surface area contributed by atoms with Gasteiger partial charge in [-0.15, -0.1) is 5.11 Å². The van der Waals surface area contributed by atoms with E-state index < -0.39 is 30.0 Å². The maximum atomic E-state index is 12.1. The second kappa shape index (κ2) is 9.79. The van der Waals surface area contributed by atoms with E-state index in [-0.39, 0.29) is 33.6 Å². The summed E-state index contributed by atoms with van der Waals surface area (Å²) in [7, 11) is -9.52. The van der Waals surface area contributed by atoms with Crippen LogP contribution >= 0.6 is 11.6 Å². The topological polar surface area (TPSA) is 210 Å². The lowest BCUT2D eigenvalue weighted by Crippen LogP contribution is -2.03. The predicted molar refractivity (Wildman–Crippen MR) is 144 cm³/mol. The van der Waals surface area contributed by atoms with Gasteiger partial charge >= 0.3 is 0 Å². The van der Waals surface area contributed by atoms with Gasteiger partial charge < -0.3 is 11.1 Å². The molecule has 39 heavy (non-hydrogen) atoms. The number of azo groups is 1. The molecule has 0 bridgehead atoms. The summed E-state index contributed by atoms with van der Waals surface area (Å²) in [6.45, 7) is 0. The van der Waals surface area contributed by atoms with Crippen LogP contribution in [-0.4, -0.2) is 40.9 Å². The van der Waals surface area contributed by atoms with E-state index >= 15 is 0 Å². The first-order valence-corrected chi connectivity index (χ1v) is 14.1. The molecule has 16 heteroatoms. The lowest BCUT2D eigenvalue weighted by Gasteiger charge is -2.11. The van der Waals surface area contributed by atoms with Crippen molar-refractivity contribution in [3.8, 4) is 0 Å². The SMILES string of the molecule is Nc1nc(Cl)nc(Nc2ccc(N=Nc3cc(S(=O)(=O)O)c4cccc(S(=O)(=O)O)c4c3)c3ccccc23)n1. The molecular formula is C23H16ClN7O6S2. The Hall–Kier alpha value is -4.28. The van der Waals surface area contributed by atoms with Gasteiger partial charge in [-0.3, -0.25) is 9.11 Å². The molecule has 13 nitrogen and oxygen atoms in total. The molecule has 0 saturated heterocycles. The van der Waals surface area contributed by atoms with E-state index in [0.717, 1.165) is 12.1 Å². The van der Waals surface area contributed by atoms with Crippen LogP contribution in [0.3, 0.4) is 0 Å². The van der Waals surface area contributed by atoms with Crippen molar-refractivity contribution >= 4 is 82.3 Å². The lowest BCUT2D eigenvalue weighted by atomic mass is 10.1. The van der Waals surface area contributed by atoms with Gasteiger partial charge in [-0.25, -0.2) is 0 Å². The van der Waals surface area contributed by atoms with Gasteiger partial charge in [-0.2, -0.15) is 36.9 Å². The van der Waals surface area contributed by atoms with Crippen molar-refractivity contribution in [3.63, 3.8) is 0 Å². The number of nitrogen functional groups attached to an aromatic ring is 1. The lowest BCUT2D eigenvalue weighted by molar-refractivity contribution is 0.481. The molecule has 5 N–H and O–H groups in total. The van der Waals surface area contributed by atoms with Gasteiger partial charge in [0.1, 0.15) is 9.79 Å². The van der Waals surface area contributed by atoms with Crippen molar-refractivity contribution in [2.45, 2.75) is 9.79 Å². The summed E-state index contributed by atoms with van der Waals surface area (Å²) in [5, 5.41) is 12.3. The van der Waals surface area contributed by atoms with Gasteiger partial charge in [0.05, 0.1) is 11.4 Å². The van der Waals surface area contributed by atoms with Gasteiger partial charge in [0, 0.05) is 27.2 Å². The van der Waals surface area contributed by atoms with Crippen LogP contribution in [0.1, 0.15) is 0 Å². The van der Waals surface area contributed by atoms with Crippen LogP contribution in [0.15, 0.2) is 86.7 Å². The number of hydrogen-bond acceptors (Lipinski definition) is 11. The first-order valence-electron chi connectivity index (χ1n) is 10.8. The molecule has 0 atom stereocenters. The molecule has 5 aromatic rings. The first-order chi connectivity index (χ1) is 18.4. The number of aromatic nitrogens is 3. The zero-order chi connectivity index (χ0) is 27.9. The summed E-state index contributed by atoms with van der Waals surface area (Å²) in [5.41, 5.74) is 6.51.